The van der Waals surface area contributed by atoms with Gasteiger partial charge >= 0.3 is 13.8 Å². The van der Waals surface area contributed by atoms with Crippen LogP contribution in [0.2, 0.25) is 0 Å². The van der Waals surface area contributed by atoms with Crippen LogP contribution in [0.3, 0.4) is 0 Å². The minimum atomic E-state index is -4.39. The van der Waals surface area contributed by atoms with Crippen LogP contribution in [0.15, 0.2) is 24.3 Å². The number of nitrogens with zero attached hydrogens (tertiary/aromatic N) is 1. The van der Waals surface area contributed by atoms with E-state index in [0.717, 1.165) is 4.67 Å². The lowest BCUT2D eigenvalue weighted by atomic mass is 10.1. The highest BCUT2D eigenvalue weighted by atomic mass is 31.2. The SMILES string of the molecule is CN(C)P(=O)(F)Oc1ccc(C(=O)NCCCC[C@H](N)C(=O)O)cc1. The molecule has 0 aliphatic rings. The van der Waals surface area contributed by atoms with Crippen LogP contribution >= 0.6 is 7.83 Å². The van der Waals surface area contributed by atoms with Crippen LogP contribution in [0.25, 0.3) is 0 Å². The van der Waals surface area contributed by atoms with E-state index < -0.39 is 19.8 Å². The first-order valence-electron chi connectivity index (χ1n) is 7.67. The number of rotatable bonds is 10. The molecule has 8 nitrogen and oxygen atoms in total. The summed E-state index contributed by atoms with van der Waals surface area (Å²) in [5, 5.41) is 11.3. The average molecular weight is 375 g/mol. The molecule has 0 aromatic heterocycles. The predicted octanol–water partition coefficient (Wildman–Crippen LogP) is 2.02. The fourth-order valence-electron chi connectivity index (χ4n) is 1.80. The monoisotopic (exact) mass is 375 g/mol. The fourth-order valence-corrected chi connectivity index (χ4v) is 2.34. The van der Waals surface area contributed by atoms with E-state index in [0.29, 0.717) is 31.4 Å². The van der Waals surface area contributed by atoms with Crippen molar-refractivity contribution in [2.75, 3.05) is 20.6 Å². The van der Waals surface area contributed by atoms with Crippen LogP contribution in [0, 0.1) is 0 Å². The van der Waals surface area contributed by atoms with Crippen LogP contribution < -0.4 is 15.6 Å². The standard InChI is InChI=1S/C15H23FN3O5P/c1-19(2)25(16,23)24-12-8-6-11(7-9-12)14(20)18-10-4-3-5-13(17)15(21)22/h6-9,13H,3-5,10,17H2,1-2H3,(H,18,20)(H,21,22)/t13-,25?/m0/s1. The maximum atomic E-state index is 13.6. The van der Waals surface area contributed by atoms with Crippen molar-refractivity contribution in [1.82, 2.24) is 9.99 Å². The second-order valence-electron chi connectivity index (χ2n) is 5.61. The molecular formula is C15H23FN3O5P. The lowest BCUT2D eigenvalue weighted by Crippen LogP contribution is -2.30. The van der Waals surface area contributed by atoms with Crippen LogP contribution in [0.1, 0.15) is 29.6 Å². The largest absolute Gasteiger partial charge is 0.498 e. The average Bonchev–Trinajstić information content (AvgIpc) is 2.54. The van der Waals surface area contributed by atoms with Crippen molar-refractivity contribution < 1.29 is 28.0 Å². The zero-order valence-electron chi connectivity index (χ0n) is 14.1. The van der Waals surface area contributed by atoms with Crippen molar-refractivity contribution in [2.45, 2.75) is 25.3 Å². The number of hydrogen-bond acceptors (Lipinski definition) is 5. The second-order valence-corrected chi connectivity index (χ2v) is 7.50. The summed E-state index contributed by atoms with van der Waals surface area (Å²) in [7, 11) is -1.79. The summed E-state index contributed by atoms with van der Waals surface area (Å²) >= 11 is 0. The normalized spacial score (nSPS) is 14.6. The Hall–Kier alpha value is -1.96. The molecule has 0 saturated heterocycles. The Morgan fingerprint density at radius 2 is 1.92 bits per heavy atom. The highest BCUT2D eigenvalue weighted by molar-refractivity contribution is 7.51. The number of carboxylic acids is 1. The molecule has 0 aliphatic heterocycles. The van der Waals surface area contributed by atoms with Crippen LogP contribution in [0.5, 0.6) is 5.75 Å². The molecule has 1 aromatic rings. The Labute approximate surface area is 145 Å². The Morgan fingerprint density at radius 3 is 2.44 bits per heavy atom. The zero-order valence-corrected chi connectivity index (χ0v) is 15.0. The molecule has 140 valence electrons. The first-order chi connectivity index (χ1) is 11.6. The van der Waals surface area contributed by atoms with Gasteiger partial charge in [0.05, 0.1) is 0 Å². The van der Waals surface area contributed by atoms with Crippen LogP contribution in [-0.4, -0.2) is 48.3 Å². The third kappa shape index (κ3) is 7.21. The molecule has 0 heterocycles. The van der Waals surface area contributed by atoms with Crippen LogP contribution in [0.4, 0.5) is 4.20 Å². The number of aliphatic carboxylic acids is 1. The number of carboxylic acid groups (broad SMARTS) is 1. The van der Waals surface area contributed by atoms with Gasteiger partial charge < -0.3 is 20.7 Å². The molecule has 2 atom stereocenters. The number of carbonyl (C=O) groups excluding carboxylic acids is 1. The molecule has 4 N–H and O–H groups in total. The van der Waals surface area contributed by atoms with Gasteiger partial charge in [-0.1, -0.05) is 0 Å². The number of hydrogen-bond donors (Lipinski definition) is 3. The van der Waals surface area contributed by atoms with E-state index >= 15 is 0 Å². The number of unbranched alkanes of at least 4 members (excludes halogenated alkanes) is 1. The molecule has 0 aliphatic carbocycles. The number of nitrogens with one attached hydrogen (secondary N) is 1. The third-order valence-electron chi connectivity index (χ3n) is 3.36. The Balaban J connectivity index is 2.42. The maximum absolute atomic E-state index is 13.6. The molecular weight excluding hydrogens is 352 g/mol. The van der Waals surface area contributed by atoms with Gasteiger partial charge in [0.15, 0.2) is 0 Å². The lowest BCUT2D eigenvalue weighted by Gasteiger charge is -2.16. The summed E-state index contributed by atoms with van der Waals surface area (Å²) in [6.07, 6.45) is 1.52. The number of nitrogens with two attached hydrogens (primary N) is 1. The molecule has 1 rings (SSSR count). The summed E-state index contributed by atoms with van der Waals surface area (Å²) < 4.78 is 30.8. The van der Waals surface area contributed by atoms with E-state index in [1.165, 1.54) is 38.4 Å². The van der Waals surface area contributed by atoms with Crippen molar-refractivity contribution in [3.05, 3.63) is 29.8 Å². The summed E-state index contributed by atoms with van der Waals surface area (Å²) in [6.45, 7) is 0.379. The van der Waals surface area contributed by atoms with E-state index in [9.17, 15) is 18.4 Å². The Bertz CT molecular complexity index is 639. The van der Waals surface area contributed by atoms with Crippen molar-refractivity contribution >= 4 is 19.7 Å². The molecule has 0 spiro atoms. The van der Waals surface area contributed by atoms with E-state index in [1.807, 2.05) is 0 Å². The molecule has 25 heavy (non-hydrogen) atoms. The van der Waals surface area contributed by atoms with Crippen molar-refractivity contribution in [2.24, 2.45) is 5.73 Å². The number of halogens is 1. The molecule has 0 bridgehead atoms. The van der Waals surface area contributed by atoms with Gasteiger partial charge in [0.2, 0.25) is 0 Å². The molecule has 0 radical (unpaired) electrons. The van der Waals surface area contributed by atoms with Gasteiger partial charge in [-0.3, -0.25) is 9.59 Å². The smallest absolute Gasteiger partial charge is 0.480 e. The van der Waals surface area contributed by atoms with Crippen molar-refractivity contribution in [1.29, 1.82) is 0 Å². The quantitative estimate of drug-likeness (QED) is 0.422. The van der Waals surface area contributed by atoms with Crippen LogP contribution in [-0.2, 0) is 9.36 Å². The summed E-state index contributed by atoms with van der Waals surface area (Å²) in [6, 6.07) is 4.69. The highest BCUT2D eigenvalue weighted by Gasteiger charge is 2.27. The van der Waals surface area contributed by atoms with Gasteiger partial charge in [0.25, 0.3) is 5.91 Å². The number of benzene rings is 1. The molecule has 1 unspecified atom stereocenters. The first kappa shape index (κ1) is 21.1. The summed E-state index contributed by atoms with van der Waals surface area (Å²) in [4.78, 5) is 22.5. The highest BCUT2D eigenvalue weighted by Crippen LogP contribution is 2.50. The summed E-state index contributed by atoms with van der Waals surface area (Å²) in [5.41, 5.74) is 5.72. The topological polar surface area (TPSA) is 122 Å². The van der Waals surface area contributed by atoms with Gasteiger partial charge in [0.1, 0.15) is 11.8 Å². The van der Waals surface area contributed by atoms with Gasteiger partial charge in [-0.05, 0) is 57.6 Å². The van der Waals surface area contributed by atoms with Gasteiger partial charge in [-0.2, -0.15) is 0 Å². The van der Waals surface area contributed by atoms with E-state index in [2.05, 4.69) is 5.32 Å². The van der Waals surface area contributed by atoms with Gasteiger partial charge in [-0.25, -0.2) is 9.24 Å². The Morgan fingerprint density at radius 1 is 1.32 bits per heavy atom. The van der Waals surface area contributed by atoms with Gasteiger partial charge in [-0.15, -0.1) is 4.20 Å². The summed E-state index contributed by atoms with van der Waals surface area (Å²) in [5.74, 6) is -1.32. The minimum Gasteiger partial charge on any atom is -0.480 e. The van der Waals surface area contributed by atoms with Crippen molar-refractivity contribution in [3.63, 3.8) is 0 Å². The maximum Gasteiger partial charge on any atom is 0.498 e. The van der Waals surface area contributed by atoms with Gasteiger partial charge in [0, 0.05) is 12.1 Å². The molecule has 1 aromatic carbocycles. The molecule has 1 amide bonds. The Kier molecular flexibility index (Phi) is 8.02. The fraction of sp³-hybridized carbons (Fsp3) is 0.467. The zero-order chi connectivity index (χ0) is 19.0. The minimum absolute atomic E-state index is 0.0544. The molecule has 0 saturated carbocycles. The molecule has 0 fully saturated rings. The molecule has 10 heteroatoms. The predicted molar refractivity (Wildman–Crippen MR) is 91.3 cm³/mol. The number of amides is 1. The third-order valence-corrected chi connectivity index (χ3v) is 4.75. The lowest BCUT2D eigenvalue weighted by molar-refractivity contribution is -0.138. The number of carbonyl (C=O) groups is 2. The van der Waals surface area contributed by atoms with E-state index in [4.69, 9.17) is 15.4 Å². The van der Waals surface area contributed by atoms with Crippen molar-refractivity contribution in [3.8, 4) is 5.75 Å². The van der Waals surface area contributed by atoms with E-state index in [1.54, 1.807) is 0 Å². The van der Waals surface area contributed by atoms with E-state index in [-0.39, 0.29) is 11.7 Å². The first-order valence-corrected chi connectivity index (χ1v) is 9.14. The second kappa shape index (κ2) is 9.50.